The summed E-state index contributed by atoms with van der Waals surface area (Å²) < 4.78 is 26.5. The number of H-pyrrole nitrogens is 1. The summed E-state index contributed by atoms with van der Waals surface area (Å²) in [7, 11) is 1.60. The Hall–Kier alpha value is -5.09. The van der Waals surface area contributed by atoms with Crippen molar-refractivity contribution in [2.75, 3.05) is 20.3 Å². The molecule has 0 spiro atoms. The number of pyridine rings is 1. The van der Waals surface area contributed by atoms with E-state index in [0.717, 1.165) is 33.0 Å². The van der Waals surface area contributed by atoms with Crippen molar-refractivity contribution in [1.82, 2.24) is 19.5 Å². The molecule has 0 aliphatic heterocycles. The summed E-state index contributed by atoms with van der Waals surface area (Å²) >= 11 is 0. The molecule has 3 aromatic heterocycles. The second kappa shape index (κ2) is 9.90. The molecule has 3 N–H and O–H groups in total. The molecule has 6 aromatic rings. The lowest BCUT2D eigenvalue weighted by molar-refractivity contribution is 0.0997. The summed E-state index contributed by atoms with van der Waals surface area (Å²) in [6, 6.07) is 15.5. The third kappa shape index (κ3) is 4.05. The number of hydrogen-bond donors (Lipinski definition) is 2. The average Bonchev–Trinajstić information content (AvgIpc) is 3.33. The van der Waals surface area contributed by atoms with E-state index in [4.69, 9.17) is 15.2 Å². The fraction of sp³-hybridized carbons (Fsp3) is 0.133. The molecular weight excluding hydrogens is 513 g/mol. The highest BCUT2D eigenvalue weighted by atomic mass is 19.1. The van der Waals surface area contributed by atoms with Gasteiger partial charge in [-0.05, 0) is 48.4 Å². The number of carbonyl (C=O) groups is 1. The highest BCUT2D eigenvalue weighted by Crippen LogP contribution is 2.38. The number of halogens is 1. The number of para-hydroxylation sites is 1. The Morgan fingerprint density at radius 3 is 2.67 bits per heavy atom. The molecule has 3 aromatic carbocycles. The molecule has 10 heteroatoms. The number of primary amides is 1. The third-order valence-corrected chi connectivity index (χ3v) is 6.98. The number of nitrogens with zero attached hydrogens (tertiary/aromatic N) is 3. The molecule has 40 heavy (non-hydrogen) atoms. The number of carbonyl (C=O) groups excluding carboxylic acids is 1. The number of nitrogens with one attached hydrogen (secondary N) is 1. The van der Waals surface area contributed by atoms with Crippen molar-refractivity contribution < 1.29 is 18.7 Å². The summed E-state index contributed by atoms with van der Waals surface area (Å²) in [5.74, 6) is -0.572. The van der Waals surface area contributed by atoms with Gasteiger partial charge in [0.05, 0.1) is 28.7 Å². The van der Waals surface area contributed by atoms with Crippen molar-refractivity contribution in [1.29, 1.82) is 0 Å². The van der Waals surface area contributed by atoms with Crippen LogP contribution in [0.5, 0.6) is 5.75 Å². The molecule has 0 fully saturated rings. The fourth-order valence-electron chi connectivity index (χ4n) is 5.08. The molecule has 3 heterocycles. The smallest absolute Gasteiger partial charge is 0.269 e. The molecule has 0 aliphatic carbocycles. The Bertz CT molecular complexity index is 2010. The Balaban J connectivity index is 1.56. The van der Waals surface area contributed by atoms with Crippen LogP contribution in [0.3, 0.4) is 0 Å². The zero-order valence-electron chi connectivity index (χ0n) is 21.7. The molecule has 9 nitrogen and oxygen atoms in total. The number of nitrogens with two attached hydrogens (primary N) is 1. The summed E-state index contributed by atoms with van der Waals surface area (Å²) in [6.45, 7) is 2.73. The van der Waals surface area contributed by atoms with Crippen LogP contribution in [0.1, 0.15) is 16.1 Å². The second-order valence-corrected chi connectivity index (χ2v) is 9.31. The number of rotatable bonds is 7. The first kappa shape index (κ1) is 25.2. The lowest BCUT2D eigenvalue weighted by Gasteiger charge is -2.15. The lowest BCUT2D eigenvalue weighted by Crippen LogP contribution is -2.20. The van der Waals surface area contributed by atoms with Crippen LogP contribution >= 0.6 is 0 Å². The minimum absolute atomic E-state index is 0.0230. The first-order valence-electron chi connectivity index (χ1n) is 12.5. The predicted molar refractivity (Wildman–Crippen MR) is 151 cm³/mol. The van der Waals surface area contributed by atoms with E-state index in [0.29, 0.717) is 30.2 Å². The maximum atomic E-state index is 14.2. The van der Waals surface area contributed by atoms with E-state index in [1.807, 2.05) is 37.3 Å². The quantitative estimate of drug-likeness (QED) is 0.286. The van der Waals surface area contributed by atoms with Gasteiger partial charge in [0, 0.05) is 35.7 Å². The van der Waals surface area contributed by atoms with Gasteiger partial charge >= 0.3 is 0 Å². The fourth-order valence-corrected chi connectivity index (χ4v) is 5.08. The number of ether oxygens (including phenoxy) is 2. The van der Waals surface area contributed by atoms with Crippen LogP contribution in [0.15, 0.2) is 71.9 Å². The summed E-state index contributed by atoms with van der Waals surface area (Å²) in [5.41, 5.74) is 9.55. The van der Waals surface area contributed by atoms with Crippen LogP contribution in [0.25, 0.3) is 49.5 Å². The van der Waals surface area contributed by atoms with Crippen LogP contribution < -0.4 is 16.0 Å². The summed E-state index contributed by atoms with van der Waals surface area (Å²) in [4.78, 5) is 37.5. The lowest BCUT2D eigenvalue weighted by atomic mass is 9.95. The first-order valence-corrected chi connectivity index (χ1v) is 12.5. The Morgan fingerprint density at radius 2 is 1.88 bits per heavy atom. The molecule has 200 valence electrons. The third-order valence-electron chi connectivity index (χ3n) is 6.98. The molecule has 0 radical (unpaired) electrons. The minimum atomic E-state index is -0.661. The molecule has 0 unspecified atom stereocenters. The van der Waals surface area contributed by atoms with Crippen molar-refractivity contribution >= 4 is 38.6 Å². The molecule has 6 rings (SSSR count). The van der Waals surface area contributed by atoms with E-state index in [2.05, 4.69) is 15.0 Å². The van der Waals surface area contributed by atoms with Crippen LogP contribution in [0.4, 0.5) is 4.39 Å². The van der Waals surface area contributed by atoms with E-state index in [1.54, 1.807) is 25.4 Å². The van der Waals surface area contributed by atoms with Crippen LogP contribution in [-0.4, -0.2) is 45.7 Å². The second-order valence-electron chi connectivity index (χ2n) is 9.31. The number of hydrogen-bond acceptors (Lipinski definition) is 6. The SMILES string of the molecule is COCCOc1ccc2c(c1)[nH]c1c(C(N)=O)ncc(-c3cccc(-n4cnc5c(F)cccc5c4=O)c3C)c12. The van der Waals surface area contributed by atoms with Crippen molar-refractivity contribution in [3.8, 4) is 22.6 Å². The Kier molecular flexibility index (Phi) is 6.24. The highest BCUT2D eigenvalue weighted by Gasteiger charge is 2.20. The van der Waals surface area contributed by atoms with Gasteiger partial charge in [0.1, 0.15) is 30.0 Å². The zero-order valence-corrected chi connectivity index (χ0v) is 21.7. The van der Waals surface area contributed by atoms with Crippen LogP contribution in [0, 0.1) is 12.7 Å². The Morgan fingerprint density at radius 1 is 1.05 bits per heavy atom. The van der Waals surface area contributed by atoms with Crippen molar-refractivity contribution in [2.45, 2.75) is 6.92 Å². The normalized spacial score (nSPS) is 11.5. The van der Waals surface area contributed by atoms with Gasteiger partial charge in [-0.25, -0.2) is 14.4 Å². The molecule has 0 bridgehead atoms. The number of fused-ring (bicyclic) bond motifs is 4. The van der Waals surface area contributed by atoms with Gasteiger partial charge in [0.25, 0.3) is 11.5 Å². The van der Waals surface area contributed by atoms with E-state index in [1.165, 1.54) is 23.0 Å². The van der Waals surface area contributed by atoms with Crippen molar-refractivity contribution in [3.63, 3.8) is 0 Å². The van der Waals surface area contributed by atoms with E-state index in [-0.39, 0.29) is 22.2 Å². The molecule has 1 amide bonds. The maximum absolute atomic E-state index is 14.2. The van der Waals surface area contributed by atoms with Gasteiger partial charge in [-0.1, -0.05) is 18.2 Å². The van der Waals surface area contributed by atoms with Gasteiger partial charge in [-0.15, -0.1) is 0 Å². The van der Waals surface area contributed by atoms with Gasteiger partial charge in [-0.2, -0.15) is 0 Å². The Labute approximate surface area is 227 Å². The van der Waals surface area contributed by atoms with Gasteiger partial charge in [-0.3, -0.25) is 14.2 Å². The number of amides is 1. The molecule has 0 aliphatic rings. The number of aromatic nitrogens is 4. The summed E-state index contributed by atoms with van der Waals surface area (Å²) in [6.07, 6.45) is 2.95. The maximum Gasteiger partial charge on any atom is 0.269 e. The monoisotopic (exact) mass is 537 g/mol. The van der Waals surface area contributed by atoms with Crippen LogP contribution in [-0.2, 0) is 4.74 Å². The topological polar surface area (TPSA) is 125 Å². The largest absolute Gasteiger partial charge is 0.491 e. The number of aromatic amines is 1. The van der Waals surface area contributed by atoms with Crippen LogP contribution in [0.2, 0.25) is 0 Å². The number of methoxy groups -OCH3 is 1. The molecular formula is C30H24FN5O4. The van der Waals surface area contributed by atoms with Gasteiger partial charge in [0.2, 0.25) is 0 Å². The average molecular weight is 538 g/mol. The predicted octanol–water partition coefficient (Wildman–Crippen LogP) is 4.65. The van der Waals surface area contributed by atoms with E-state index >= 15 is 0 Å². The van der Waals surface area contributed by atoms with E-state index < -0.39 is 11.7 Å². The molecule has 0 saturated carbocycles. The zero-order chi connectivity index (χ0) is 28.0. The molecule has 0 saturated heterocycles. The minimum Gasteiger partial charge on any atom is -0.491 e. The van der Waals surface area contributed by atoms with E-state index in [9.17, 15) is 14.0 Å². The van der Waals surface area contributed by atoms with Crippen molar-refractivity contribution in [3.05, 3.63) is 94.5 Å². The van der Waals surface area contributed by atoms with Gasteiger partial charge < -0.3 is 20.2 Å². The highest BCUT2D eigenvalue weighted by molar-refractivity contribution is 6.19. The number of benzene rings is 3. The van der Waals surface area contributed by atoms with Gasteiger partial charge in [0.15, 0.2) is 5.69 Å². The molecule has 0 atom stereocenters. The standard InChI is InChI=1S/C30H24FN5O4/c1-16-18(5-4-8-24(16)36-15-34-26-20(30(36)38)6-3-7-22(26)31)21-14-33-28(29(32)37)27-25(21)19-10-9-17(13-23(19)35-27)40-12-11-39-2/h3-10,13-15,35H,11-12H2,1-2H3,(H2,32,37). The van der Waals surface area contributed by atoms with Crippen molar-refractivity contribution in [2.24, 2.45) is 5.73 Å². The summed E-state index contributed by atoms with van der Waals surface area (Å²) in [5, 5.41) is 1.79. The first-order chi connectivity index (χ1) is 19.4.